The molecular weight excluding hydrogens is 316 g/mol. The van der Waals surface area contributed by atoms with E-state index in [1.165, 1.54) is 0 Å². The molecule has 1 aliphatic rings. The van der Waals surface area contributed by atoms with Gasteiger partial charge >= 0.3 is 0 Å². The van der Waals surface area contributed by atoms with Crippen LogP contribution in [0.4, 0.5) is 0 Å². The van der Waals surface area contributed by atoms with Gasteiger partial charge in [0.1, 0.15) is 6.54 Å². The molecule has 0 aliphatic carbocycles. The molecule has 1 aliphatic heterocycles. The molecule has 0 radical (unpaired) electrons. The number of fused-ring (bicyclic) bond motifs is 1. The second kappa shape index (κ2) is 6.31. The summed E-state index contributed by atoms with van der Waals surface area (Å²) in [6, 6.07) is 6.45. The third-order valence-electron chi connectivity index (χ3n) is 3.83. The molecule has 2 amide bonds. The van der Waals surface area contributed by atoms with E-state index in [9.17, 15) is 18.0 Å². The molecule has 0 aromatic heterocycles. The first kappa shape index (κ1) is 17.5. The number of benzene rings is 1. The van der Waals surface area contributed by atoms with E-state index in [4.69, 9.17) is 0 Å². The van der Waals surface area contributed by atoms with Crippen LogP contribution in [0.1, 0.15) is 43.6 Å². The first-order valence-corrected chi connectivity index (χ1v) is 9.20. The predicted molar refractivity (Wildman–Crippen MR) is 87.2 cm³/mol. The molecule has 0 spiro atoms. The van der Waals surface area contributed by atoms with Crippen molar-refractivity contribution in [2.75, 3.05) is 6.54 Å². The Bertz CT molecular complexity index is 717. The zero-order valence-electron chi connectivity index (χ0n) is 13.8. The molecule has 0 N–H and O–H groups in total. The maximum Gasteiger partial charge on any atom is 0.268 e. The number of hydrogen-bond acceptors (Lipinski definition) is 4. The summed E-state index contributed by atoms with van der Waals surface area (Å²) in [5, 5.41) is 0. The molecule has 0 saturated carbocycles. The summed E-state index contributed by atoms with van der Waals surface area (Å²) in [5.41, 5.74) is 0.821. The van der Waals surface area contributed by atoms with Crippen LogP contribution in [0, 0.1) is 0 Å². The molecule has 7 heteroatoms. The van der Waals surface area contributed by atoms with Crippen molar-refractivity contribution in [3.63, 3.8) is 0 Å². The van der Waals surface area contributed by atoms with Crippen molar-refractivity contribution in [2.24, 2.45) is 0 Å². The highest BCUT2D eigenvalue weighted by atomic mass is 32.2. The van der Waals surface area contributed by atoms with E-state index in [1.807, 2.05) is 27.7 Å². The third-order valence-corrected chi connectivity index (χ3v) is 5.47. The molecule has 0 bridgehead atoms. The molecule has 1 aromatic carbocycles. The molecule has 2 rings (SSSR count). The summed E-state index contributed by atoms with van der Waals surface area (Å²) in [6.45, 7) is 6.99. The summed E-state index contributed by atoms with van der Waals surface area (Å²) in [4.78, 5) is 26.6. The average molecular weight is 338 g/mol. The second-order valence-corrected chi connectivity index (χ2v) is 8.11. The minimum atomic E-state index is -3.83. The van der Waals surface area contributed by atoms with Crippen molar-refractivity contribution in [2.45, 2.75) is 45.5 Å². The van der Waals surface area contributed by atoms with Gasteiger partial charge in [-0.25, -0.2) is 12.7 Å². The van der Waals surface area contributed by atoms with Gasteiger partial charge in [-0.3, -0.25) is 9.59 Å². The van der Waals surface area contributed by atoms with Crippen molar-refractivity contribution in [1.82, 2.24) is 9.21 Å². The minimum absolute atomic E-state index is 0.0719. The van der Waals surface area contributed by atoms with Gasteiger partial charge in [-0.1, -0.05) is 18.2 Å². The lowest BCUT2D eigenvalue weighted by molar-refractivity contribution is -0.134. The number of rotatable bonds is 4. The number of carbonyl (C=O) groups excluding carboxylic acids is 2. The van der Waals surface area contributed by atoms with Crippen LogP contribution >= 0.6 is 0 Å². The molecule has 0 unspecified atom stereocenters. The topological polar surface area (TPSA) is 74.8 Å². The molecule has 1 heterocycles. The summed E-state index contributed by atoms with van der Waals surface area (Å²) in [6.07, 6.45) is 0. The largest absolute Gasteiger partial charge is 0.336 e. The molecular formula is C16H22N2O4S. The third kappa shape index (κ3) is 3.39. The van der Waals surface area contributed by atoms with Gasteiger partial charge in [0.25, 0.3) is 5.91 Å². The Balaban J connectivity index is 2.33. The molecule has 0 fully saturated rings. The van der Waals surface area contributed by atoms with Gasteiger partial charge in [0, 0.05) is 17.6 Å². The fourth-order valence-corrected chi connectivity index (χ4v) is 4.40. The molecule has 23 heavy (non-hydrogen) atoms. The fourth-order valence-electron chi connectivity index (χ4n) is 2.94. The number of amides is 2. The Morgan fingerprint density at radius 2 is 1.74 bits per heavy atom. The van der Waals surface area contributed by atoms with Gasteiger partial charge in [0.15, 0.2) is 0 Å². The monoisotopic (exact) mass is 338 g/mol. The summed E-state index contributed by atoms with van der Waals surface area (Å²) >= 11 is 0. The van der Waals surface area contributed by atoms with E-state index in [-0.39, 0.29) is 23.7 Å². The maximum atomic E-state index is 12.5. The molecule has 126 valence electrons. The summed E-state index contributed by atoms with van der Waals surface area (Å²) < 4.78 is 25.5. The molecule has 0 atom stereocenters. The number of carbonyl (C=O) groups is 2. The van der Waals surface area contributed by atoms with Crippen molar-refractivity contribution in [3.8, 4) is 0 Å². The van der Waals surface area contributed by atoms with E-state index in [0.29, 0.717) is 15.4 Å². The van der Waals surface area contributed by atoms with Gasteiger partial charge in [-0.2, -0.15) is 0 Å². The second-order valence-electron chi connectivity index (χ2n) is 6.21. The number of nitrogens with zero attached hydrogens (tertiary/aromatic N) is 2. The summed E-state index contributed by atoms with van der Waals surface area (Å²) in [5.74, 6) is -1.26. The Hall–Kier alpha value is -1.89. The van der Waals surface area contributed by atoms with Crippen LogP contribution in [0.5, 0.6) is 0 Å². The first-order chi connectivity index (χ1) is 10.6. The molecule has 0 saturated heterocycles. The highest BCUT2D eigenvalue weighted by Gasteiger charge is 2.38. The zero-order chi connectivity index (χ0) is 17.4. The van der Waals surface area contributed by atoms with Crippen molar-refractivity contribution in [1.29, 1.82) is 0 Å². The Kier molecular flexibility index (Phi) is 4.79. The van der Waals surface area contributed by atoms with Crippen LogP contribution in [0.2, 0.25) is 0 Å². The van der Waals surface area contributed by atoms with Crippen molar-refractivity contribution in [3.05, 3.63) is 35.4 Å². The molecule has 6 nitrogen and oxygen atoms in total. The Labute approximate surface area is 137 Å². The van der Waals surface area contributed by atoms with Crippen LogP contribution in [0.15, 0.2) is 24.3 Å². The van der Waals surface area contributed by atoms with Gasteiger partial charge in [-0.15, -0.1) is 0 Å². The van der Waals surface area contributed by atoms with Crippen LogP contribution < -0.4 is 0 Å². The first-order valence-electron chi connectivity index (χ1n) is 7.59. The van der Waals surface area contributed by atoms with Gasteiger partial charge in [0.2, 0.25) is 15.9 Å². The fraction of sp³-hybridized carbons (Fsp3) is 0.500. The van der Waals surface area contributed by atoms with Crippen LogP contribution in [0.25, 0.3) is 0 Å². The predicted octanol–water partition coefficient (Wildman–Crippen LogP) is 1.62. The lowest BCUT2D eigenvalue weighted by Gasteiger charge is -2.34. The Morgan fingerprint density at radius 3 is 2.30 bits per heavy atom. The van der Waals surface area contributed by atoms with Gasteiger partial charge in [-0.05, 0) is 39.3 Å². The lowest BCUT2D eigenvalue weighted by atomic mass is 10.1. The quantitative estimate of drug-likeness (QED) is 0.836. The standard InChI is InChI=1S/C16H22N2O4S/c1-11(2)18(12(3)4)15(19)9-17-16(20)14-8-6-5-7-13(14)10-23(17,21)22/h5-8,11-12H,9-10H2,1-4H3. The maximum absolute atomic E-state index is 12.5. The van der Waals surface area contributed by atoms with E-state index in [1.54, 1.807) is 29.2 Å². The van der Waals surface area contributed by atoms with Crippen molar-refractivity contribution >= 4 is 21.8 Å². The SMILES string of the molecule is CC(C)N(C(=O)CN1C(=O)c2ccccc2CS1(=O)=O)C(C)C. The smallest absolute Gasteiger partial charge is 0.268 e. The van der Waals surface area contributed by atoms with Crippen LogP contribution in [0.3, 0.4) is 0 Å². The van der Waals surface area contributed by atoms with E-state index in [2.05, 4.69) is 0 Å². The number of sulfonamides is 1. The van der Waals surface area contributed by atoms with Crippen molar-refractivity contribution < 1.29 is 18.0 Å². The van der Waals surface area contributed by atoms with E-state index < -0.39 is 22.5 Å². The minimum Gasteiger partial charge on any atom is -0.336 e. The highest BCUT2D eigenvalue weighted by molar-refractivity contribution is 7.89. The van der Waals surface area contributed by atoms with Gasteiger partial charge < -0.3 is 4.90 Å². The zero-order valence-corrected chi connectivity index (χ0v) is 14.6. The van der Waals surface area contributed by atoms with E-state index in [0.717, 1.165) is 0 Å². The average Bonchev–Trinajstić information content (AvgIpc) is 2.42. The Morgan fingerprint density at radius 1 is 1.17 bits per heavy atom. The lowest BCUT2D eigenvalue weighted by Crippen LogP contribution is -2.51. The van der Waals surface area contributed by atoms with Crippen LogP contribution in [-0.2, 0) is 20.6 Å². The van der Waals surface area contributed by atoms with E-state index >= 15 is 0 Å². The highest BCUT2D eigenvalue weighted by Crippen LogP contribution is 2.24. The molecule has 1 aromatic rings. The normalized spacial score (nSPS) is 16.6. The van der Waals surface area contributed by atoms with Gasteiger partial charge in [0.05, 0.1) is 5.75 Å². The summed E-state index contributed by atoms with van der Waals surface area (Å²) in [7, 11) is -3.83. The number of hydrogen-bond donors (Lipinski definition) is 0. The van der Waals surface area contributed by atoms with Crippen LogP contribution in [-0.4, -0.2) is 48.1 Å².